The minimum Gasteiger partial charge on any atom is -0.272 e. The molecule has 1 N–H and O–H groups in total. The van der Waals surface area contributed by atoms with Gasteiger partial charge in [-0.15, -0.1) is 0 Å². The van der Waals surface area contributed by atoms with Crippen molar-refractivity contribution in [3.63, 3.8) is 0 Å². The number of nitrogens with one attached hydrogen (secondary N) is 1. The molecule has 3 aromatic carbocycles. The van der Waals surface area contributed by atoms with E-state index in [9.17, 15) is 9.59 Å². The van der Waals surface area contributed by atoms with Crippen molar-refractivity contribution in [2.75, 3.05) is 5.75 Å². The summed E-state index contributed by atoms with van der Waals surface area (Å²) in [6, 6.07) is 23.6. The van der Waals surface area contributed by atoms with Gasteiger partial charge in [0.15, 0.2) is 5.16 Å². The molecule has 0 aliphatic heterocycles. The maximum Gasteiger partial charge on any atom is 0.266 e. The van der Waals surface area contributed by atoms with Gasteiger partial charge >= 0.3 is 0 Å². The molecule has 6 nitrogen and oxygen atoms in total. The van der Waals surface area contributed by atoms with Gasteiger partial charge in [-0.05, 0) is 48.9 Å². The monoisotopic (exact) mass is 462 g/mol. The summed E-state index contributed by atoms with van der Waals surface area (Å²) < 4.78 is 1.50. The molecule has 0 atom stereocenters. The number of carbonyl (C=O) groups excluding carboxylic acids is 1. The maximum absolute atomic E-state index is 13.2. The lowest BCUT2D eigenvalue weighted by Crippen LogP contribution is -2.24. The molecule has 32 heavy (non-hydrogen) atoms. The number of thioether (sulfide) groups is 1. The Kier molecular flexibility index (Phi) is 6.68. The maximum atomic E-state index is 13.2. The van der Waals surface area contributed by atoms with Gasteiger partial charge in [-0.2, -0.15) is 5.10 Å². The van der Waals surface area contributed by atoms with E-state index in [2.05, 4.69) is 15.5 Å². The third-order valence-electron chi connectivity index (χ3n) is 4.70. The van der Waals surface area contributed by atoms with Gasteiger partial charge in [-0.1, -0.05) is 65.8 Å². The molecule has 1 heterocycles. The van der Waals surface area contributed by atoms with Crippen LogP contribution in [-0.4, -0.2) is 26.9 Å². The summed E-state index contributed by atoms with van der Waals surface area (Å²) in [5.74, 6) is -0.250. The molecule has 0 saturated heterocycles. The molecule has 4 aromatic rings. The lowest BCUT2D eigenvalue weighted by atomic mass is 10.1. The average molecular weight is 463 g/mol. The van der Waals surface area contributed by atoms with E-state index in [1.807, 2.05) is 43.3 Å². The lowest BCUT2D eigenvalue weighted by molar-refractivity contribution is -0.118. The van der Waals surface area contributed by atoms with Crippen LogP contribution in [0.1, 0.15) is 12.5 Å². The van der Waals surface area contributed by atoms with Crippen molar-refractivity contribution in [3.8, 4) is 5.69 Å². The van der Waals surface area contributed by atoms with Gasteiger partial charge in [0.25, 0.3) is 11.5 Å². The highest BCUT2D eigenvalue weighted by Gasteiger charge is 2.15. The normalized spacial score (nSPS) is 11.5. The fourth-order valence-electron chi connectivity index (χ4n) is 3.08. The largest absolute Gasteiger partial charge is 0.272 e. The summed E-state index contributed by atoms with van der Waals surface area (Å²) in [4.78, 5) is 30.3. The highest BCUT2D eigenvalue weighted by atomic mass is 35.5. The van der Waals surface area contributed by atoms with Gasteiger partial charge in [-0.25, -0.2) is 10.4 Å². The van der Waals surface area contributed by atoms with Gasteiger partial charge in [0, 0.05) is 5.02 Å². The zero-order valence-electron chi connectivity index (χ0n) is 17.2. The van der Waals surface area contributed by atoms with Crippen LogP contribution in [0.15, 0.2) is 93.9 Å². The van der Waals surface area contributed by atoms with Crippen LogP contribution in [0.4, 0.5) is 0 Å². The van der Waals surface area contributed by atoms with Crippen LogP contribution in [0.5, 0.6) is 0 Å². The van der Waals surface area contributed by atoms with Crippen molar-refractivity contribution in [3.05, 3.63) is 99.8 Å². The van der Waals surface area contributed by atoms with Crippen molar-refractivity contribution in [1.82, 2.24) is 15.0 Å². The Bertz CT molecular complexity index is 1350. The molecule has 0 unspecified atom stereocenters. The Morgan fingerprint density at radius 1 is 1.03 bits per heavy atom. The highest BCUT2D eigenvalue weighted by molar-refractivity contribution is 7.99. The summed E-state index contributed by atoms with van der Waals surface area (Å²) >= 11 is 7.18. The number of aromatic nitrogens is 2. The van der Waals surface area contributed by atoms with Crippen LogP contribution in [0.25, 0.3) is 16.6 Å². The zero-order chi connectivity index (χ0) is 22.5. The number of fused-ring (bicyclic) bond motifs is 1. The Morgan fingerprint density at radius 2 is 1.72 bits per heavy atom. The Balaban J connectivity index is 1.59. The second-order valence-electron chi connectivity index (χ2n) is 6.92. The summed E-state index contributed by atoms with van der Waals surface area (Å²) in [6.07, 6.45) is 0. The Morgan fingerprint density at radius 3 is 2.47 bits per heavy atom. The quantitative estimate of drug-likeness (QED) is 0.195. The molecule has 8 heteroatoms. The van der Waals surface area contributed by atoms with Crippen LogP contribution in [0.3, 0.4) is 0 Å². The second kappa shape index (κ2) is 9.80. The first-order valence-corrected chi connectivity index (χ1v) is 11.2. The first kappa shape index (κ1) is 21.8. The second-order valence-corrected chi connectivity index (χ2v) is 8.29. The van der Waals surface area contributed by atoms with Gasteiger partial charge in [0.2, 0.25) is 0 Å². The topological polar surface area (TPSA) is 76.3 Å². The standard InChI is InChI=1S/C24H19ClN4O2S/c1-16(17-7-3-2-4-8-17)27-28-22(30)15-32-24-26-21-10-6-5-9-20(21)23(31)29(24)19-13-11-18(25)12-14-19/h2-14H,15H2,1H3,(H,28,30)/b27-16-. The molecule has 0 saturated carbocycles. The number of hydrogen-bond donors (Lipinski definition) is 1. The molecular formula is C24H19ClN4O2S. The number of amides is 1. The first-order valence-electron chi connectivity index (χ1n) is 9.82. The van der Waals surface area contributed by atoms with Crippen molar-refractivity contribution >= 4 is 45.9 Å². The van der Waals surface area contributed by atoms with Gasteiger partial charge in [0.1, 0.15) is 0 Å². The number of carbonyl (C=O) groups is 1. The van der Waals surface area contributed by atoms with E-state index in [-0.39, 0.29) is 17.2 Å². The van der Waals surface area contributed by atoms with Crippen LogP contribution in [0.2, 0.25) is 5.02 Å². The first-order chi connectivity index (χ1) is 15.5. The van der Waals surface area contributed by atoms with Crippen LogP contribution in [-0.2, 0) is 4.79 Å². The van der Waals surface area contributed by atoms with Crippen molar-refractivity contribution in [1.29, 1.82) is 0 Å². The van der Waals surface area contributed by atoms with Crippen LogP contribution < -0.4 is 11.0 Å². The van der Waals surface area contributed by atoms with E-state index in [0.717, 1.165) is 5.56 Å². The number of benzene rings is 3. The molecular weight excluding hydrogens is 444 g/mol. The fourth-order valence-corrected chi connectivity index (χ4v) is 4.01. The smallest absolute Gasteiger partial charge is 0.266 e. The molecule has 0 aliphatic carbocycles. The number of rotatable bonds is 6. The molecule has 0 radical (unpaired) electrons. The van der Waals surface area contributed by atoms with Gasteiger partial charge < -0.3 is 0 Å². The molecule has 1 aromatic heterocycles. The molecule has 0 spiro atoms. The van der Waals surface area contributed by atoms with Crippen molar-refractivity contribution in [2.45, 2.75) is 12.1 Å². The van der Waals surface area contributed by atoms with E-state index in [0.29, 0.717) is 32.5 Å². The zero-order valence-corrected chi connectivity index (χ0v) is 18.7. The van der Waals surface area contributed by atoms with Crippen LogP contribution in [0, 0.1) is 0 Å². The van der Waals surface area contributed by atoms with E-state index in [1.165, 1.54) is 16.3 Å². The summed E-state index contributed by atoms with van der Waals surface area (Å²) in [5.41, 5.74) is 5.18. The number of hydrogen-bond acceptors (Lipinski definition) is 5. The Labute approximate surface area is 194 Å². The predicted molar refractivity (Wildman–Crippen MR) is 130 cm³/mol. The van der Waals surface area contributed by atoms with Crippen LogP contribution >= 0.6 is 23.4 Å². The van der Waals surface area contributed by atoms with Crippen molar-refractivity contribution in [2.24, 2.45) is 5.10 Å². The molecule has 160 valence electrons. The molecule has 0 bridgehead atoms. The lowest BCUT2D eigenvalue weighted by Gasteiger charge is -2.13. The van der Waals surface area contributed by atoms with E-state index in [4.69, 9.17) is 11.6 Å². The SMILES string of the molecule is C/C(=N/NC(=O)CSc1nc2ccccc2c(=O)n1-c1ccc(Cl)cc1)c1ccccc1. The minimum absolute atomic E-state index is 0.0456. The summed E-state index contributed by atoms with van der Waals surface area (Å²) in [6.45, 7) is 1.83. The van der Waals surface area contributed by atoms with E-state index >= 15 is 0 Å². The number of para-hydroxylation sites is 1. The average Bonchev–Trinajstić information content (AvgIpc) is 2.82. The molecule has 0 fully saturated rings. The van der Waals surface area contributed by atoms with E-state index in [1.54, 1.807) is 42.5 Å². The van der Waals surface area contributed by atoms with Gasteiger partial charge in [-0.3, -0.25) is 14.2 Å². The Hall–Kier alpha value is -3.42. The predicted octanol–water partition coefficient (Wildman–Crippen LogP) is 4.67. The van der Waals surface area contributed by atoms with Gasteiger partial charge in [0.05, 0.1) is 28.1 Å². The number of nitrogens with zero attached hydrogens (tertiary/aromatic N) is 3. The van der Waals surface area contributed by atoms with E-state index < -0.39 is 0 Å². The molecule has 4 rings (SSSR count). The number of hydrazone groups is 1. The number of halogens is 1. The molecule has 0 aliphatic rings. The summed E-state index contributed by atoms with van der Waals surface area (Å²) in [5, 5.41) is 5.64. The minimum atomic E-state index is -0.296. The fraction of sp³-hybridized carbons (Fsp3) is 0.0833. The highest BCUT2D eigenvalue weighted by Crippen LogP contribution is 2.22. The third kappa shape index (κ3) is 4.90. The third-order valence-corrected chi connectivity index (χ3v) is 5.89. The molecule has 1 amide bonds. The van der Waals surface area contributed by atoms with Crippen molar-refractivity contribution < 1.29 is 4.79 Å². The summed E-state index contributed by atoms with van der Waals surface area (Å²) in [7, 11) is 0.